The van der Waals surface area contributed by atoms with E-state index in [1.54, 1.807) is 30.3 Å². The average Bonchev–Trinajstić information content (AvgIpc) is 2.77. The molecule has 3 aromatic rings. The Labute approximate surface area is 185 Å². The summed E-state index contributed by atoms with van der Waals surface area (Å²) < 4.78 is 79.2. The van der Waals surface area contributed by atoms with Gasteiger partial charge in [-0.2, -0.15) is 26.3 Å². The summed E-state index contributed by atoms with van der Waals surface area (Å²) in [5.41, 5.74) is -1.87. The maximum absolute atomic E-state index is 13.2. The first kappa shape index (κ1) is 24.2. The largest absolute Gasteiger partial charge is 0.416 e. The van der Waals surface area contributed by atoms with Gasteiger partial charge in [0.15, 0.2) is 0 Å². The van der Waals surface area contributed by atoms with Crippen LogP contribution in [0.15, 0.2) is 60.9 Å². The van der Waals surface area contributed by atoms with Gasteiger partial charge in [-0.1, -0.05) is 24.3 Å². The summed E-state index contributed by atoms with van der Waals surface area (Å²) in [6, 6.07) is 9.30. The fraction of sp³-hybridized carbons (Fsp3) is 0.217. The van der Waals surface area contributed by atoms with Crippen LogP contribution < -0.4 is 4.90 Å². The van der Waals surface area contributed by atoms with E-state index in [2.05, 4.69) is 4.98 Å². The van der Waals surface area contributed by atoms with Gasteiger partial charge in [0.05, 0.1) is 23.0 Å². The summed E-state index contributed by atoms with van der Waals surface area (Å²) in [5.74, 6) is -1.07. The van der Waals surface area contributed by atoms with Crippen LogP contribution in [-0.4, -0.2) is 29.7 Å². The van der Waals surface area contributed by atoms with Crippen molar-refractivity contribution in [2.24, 2.45) is 0 Å². The van der Waals surface area contributed by atoms with Gasteiger partial charge in [0, 0.05) is 31.0 Å². The number of halogens is 6. The minimum Gasteiger partial charge on any atom is -0.396 e. The summed E-state index contributed by atoms with van der Waals surface area (Å²) >= 11 is 0. The van der Waals surface area contributed by atoms with Crippen LogP contribution in [0.25, 0.3) is 11.1 Å². The molecule has 33 heavy (non-hydrogen) atoms. The number of aliphatic hydroxyl groups excluding tert-OH is 1. The van der Waals surface area contributed by atoms with E-state index < -0.39 is 35.0 Å². The number of hydrogen-bond acceptors (Lipinski definition) is 3. The molecule has 0 spiro atoms. The summed E-state index contributed by atoms with van der Waals surface area (Å²) in [7, 11) is 1.24. The number of alkyl halides is 6. The minimum absolute atomic E-state index is 0.0303. The molecule has 0 atom stereocenters. The number of rotatable bonds is 5. The van der Waals surface area contributed by atoms with Crippen molar-refractivity contribution >= 4 is 11.6 Å². The lowest BCUT2D eigenvalue weighted by molar-refractivity contribution is -0.143. The molecule has 2 aromatic carbocycles. The normalized spacial score (nSPS) is 12.0. The first-order valence-electron chi connectivity index (χ1n) is 9.64. The second-order valence-corrected chi connectivity index (χ2v) is 7.18. The topological polar surface area (TPSA) is 53.4 Å². The highest BCUT2D eigenvalue weighted by atomic mass is 19.4. The number of aliphatic hydroxyl groups is 1. The molecule has 0 aliphatic rings. The van der Waals surface area contributed by atoms with Crippen LogP contribution in [0, 0.1) is 0 Å². The van der Waals surface area contributed by atoms with Gasteiger partial charge < -0.3 is 10.0 Å². The zero-order valence-electron chi connectivity index (χ0n) is 17.2. The third-order valence-electron chi connectivity index (χ3n) is 4.99. The van der Waals surface area contributed by atoms with Crippen LogP contribution in [-0.2, 0) is 18.8 Å². The molecule has 0 aliphatic carbocycles. The lowest BCUT2D eigenvalue weighted by atomic mass is 9.97. The minimum atomic E-state index is -5.07. The molecule has 1 heterocycles. The third-order valence-corrected chi connectivity index (χ3v) is 4.99. The van der Waals surface area contributed by atoms with Gasteiger partial charge in [0.2, 0.25) is 0 Å². The Morgan fingerprint density at radius 3 is 2.12 bits per heavy atom. The number of benzene rings is 2. The van der Waals surface area contributed by atoms with Gasteiger partial charge in [-0.05, 0) is 41.8 Å². The van der Waals surface area contributed by atoms with Gasteiger partial charge in [-0.3, -0.25) is 9.78 Å². The van der Waals surface area contributed by atoms with Crippen molar-refractivity contribution in [1.29, 1.82) is 0 Å². The summed E-state index contributed by atoms with van der Waals surface area (Å²) in [4.78, 5) is 17.9. The van der Waals surface area contributed by atoms with Crippen molar-refractivity contribution in [2.45, 2.75) is 18.8 Å². The molecule has 0 fully saturated rings. The zero-order valence-corrected chi connectivity index (χ0v) is 17.2. The Balaban J connectivity index is 2.10. The Hall–Kier alpha value is -3.40. The Kier molecular flexibility index (Phi) is 6.78. The molecule has 0 radical (unpaired) electrons. The highest BCUT2D eigenvalue weighted by molar-refractivity contribution is 6.08. The molecule has 0 bridgehead atoms. The predicted molar refractivity (Wildman–Crippen MR) is 110 cm³/mol. The van der Waals surface area contributed by atoms with E-state index >= 15 is 0 Å². The number of carbonyl (C=O) groups is 1. The molecule has 3 rings (SSSR count). The van der Waals surface area contributed by atoms with Crippen molar-refractivity contribution in [3.63, 3.8) is 0 Å². The molecule has 0 saturated heterocycles. The maximum atomic E-state index is 13.2. The molecule has 0 saturated carbocycles. The number of aromatic nitrogens is 1. The highest BCUT2D eigenvalue weighted by Gasteiger charge is 2.38. The lowest BCUT2D eigenvalue weighted by Crippen LogP contribution is -2.28. The van der Waals surface area contributed by atoms with E-state index in [0.717, 1.165) is 10.5 Å². The van der Waals surface area contributed by atoms with Crippen LogP contribution in [0.1, 0.15) is 27.0 Å². The second kappa shape index (κ2) is 9.22. The number of carbonyl (C=O) groups excluding carboxylic acids is 1. The van der Waals surface area contributed by atoms with Crippen molar-refractivity contribution < 1.29 is 36.2 Å². The average molecular weight is 468 g/mol. The lowest BCUT2D eigenvalue weighted by Gasteiger charge is -2.22. The molecule has 4 nitrogen and oxygen atoms in total. The van der Waals surface area contributed by atoms with Crippen molar-refractivity contribution in [3.05, 3.63) is 83.2 Å². The summed E-state index contributed by atoms with van der Waals surface area (Å²) in [5, 5.41) is 9.33. The number of pyridine rings is 1. The maximum Gasteiger partial charge on any atom is 0.416 e. The SMILES string of the molecule is CN(C(=O)c1cc(C(F)(F)F)cc(C(F)(F)F)c1)c1cnccc1-c1ccccc1CCO. The Morgan fingerprint density at radius 1 is 0.939 bits per heavy atom. The van der Waals surface area contributed by atoms with Crippen LogP contribution >= 0.6 is 0 Å². The highest BCUT2D eigenvalue weighted by Crippen LogP contribution is 2.37. The van der Waals surface area contributed by atoms with Gasteiger partial charge in [-0.25, -0.2) is 0 Å². The zero-order chi connectivity index (χ0) is 24.4. The van der Waals surface area contributed by atoms with E-state index in [4.69, 9.17) is 0 Å². The predicted octanol–water partition coefficient (Wildman–Crippen LogP) is 5.60. The number of hydrogen-bond donors (Lipinski definition) is 1. The van der Waals surface area contributed by atoms with Crippen molar-refractivity contribution in [2.75, 3.05) is 18.6 Å². The van der Waals surface area contributed by atoms with Crippen LogP contribution in [0.2, 0.25) is 0 Å². The standard InChI is InChI=1S/C23H18F6N2O2/c1-31(20-13-30-8-6-19(20)18-5-3-2-4-14(18)7-9-32)21(33)15-10-16(22(24,25)26)12-17(11-15)23(27,28)29/h2-6,8,10-13,32H,7,9H2,1H3. The van der Waals surface area contributed by atoms with Crippen LogP contribution in [0.4, 0.5) is 32.0 Å². The Morgan fingerprint density at radius 2 is 1.55 bits per heavy atom. The molecular formula is C23H18F6N2O2. The molecule has 1 aromatic heterocycles. The van der Waals surface area contributed by atoms with E-state index in [-0.39, 0.29) is 18.4 Å². The smallest absolute Gasteiger partial charge is 0.396 e. The van der Waals surface area contributed by atoms with E-state index in [1.165, 1.54) is 19.4 Å². The first-order valence-corrected chi connectivity index (χ1v) is 9.64. The first-order chi connectivity index (χ1) is 15.4. The number of anilines is 1. The van der Waals surface area contributed by atoms with E-state index in [1.807, 2.05) is 0 Å². The van der Waals surface area contributed by atoms with Crippen LogP contribution in [0.3, 0.4) is 0 Å². The molecular weight excluding hydrogens is 450 g/mol. The summed E-state index contributed by atoms with van der Waals surface area (Å²) in [6.45, 7) is -0.142. The molecule has 0 aliphatic heterocycles. The van der Waals surface area contributed by atoms with E-state index in [0.29, 0.717) is 29.7 Å². The van der Waals surface area contributed by atoms with Crippen molar-refractivity contribution in [3.8, 4) is 11.1 Å². The quantitative estimate of drug-likeness (QED) is 0.496. The molecule has 1 amide bonds. The molecule has 1 N–H and O–H groups in total. The number of amides is 1. The second-order valence-electron chi connectivity index (χ2n) is 7.18. The molecule has 174 valence electrons. The fourth-order valence-electron chi connectivity index (χ4n) is 3.38. The van der Waals surface area contributed by atoms with Gasteiger partial charge in [0.1, 0.15) is 0 Å². The third kappa shape index (κ3) is 5.33. The van der Waals surface area contributed by atoms with Gasteiger partial charge >= 0.3 is 12.4 Å². The van der Waals surface area contributed by atoms with Gasteiger partial charge in [-0.15, -0.1) is 0 Å². The molecule has 0 unspecified atom stereocenters. The monoisotopic (exact) mass is 468 g/mol. The Bertz CT molecular complexity index is 1130. The van der Waals surface area contributed by atoms with Crippen LogP contribution in [0.5, 0.6) is 0 Å². The van der Waals surface area contributed by atoms with Gasteiger partial charge in [0.25, 0.3) is 5.91 Å². The fourth-order valence-corrected chi connectivity index (χ4v) is 3.38. The summed E-state index contributed by atoms with van der Waals surface area (Å²) in [6.07, 6.45) is -7.10. The number of nitrogens with zero attached hydrogens (tertiary/aromatic N) is 2. The van der Waals surface area contributed by atoms with E-state index in [9.17, 15) is 36.2 Å². The molecule has 10 heteroatoms. The van der Waals surface area contributed by atoms with Crippen molar-refractivity contribution in [1.82, 2.24) is 4.98 Å².